The summed E-state index contributed by atoms with van der Waals surface area (Å²) in [6.07, 6.45) is 1.53. The monoisotopic (exact) mass is 317 g/mol. The molecule has 100 valence electrons. The number of benzene rings is 1. The molecule has 0 aliphatic carbocycles. The van der Waals surface area contributed by atoms with E-state index in [1.54, 1.807) is 18.2 Å². The third-order valence-electron chi connectivity index (χ3n) is 2.18. The van der Waals surface area contributed by atoms with E-state index in [0.29, 0.717) is 5.82 Å². The second-order valence-corrected chi connectivity index (χ2v) is 5.93. The summed E-state index contributed by atoms with van der Waals surface area (Å²) in [5.41, 5.74) is 2.48. The molecule has 0 radical (unpaired) electrons. The summed E-state index contributed by atoms with van der Waals surface area (Å²) < 4.78 is 24.1. The Morgan fingerprint density at radius 2 is 1.84 bits per heavy atom. The van der Waals surface area contributed by atoms with Crippen LogP contribution in [0.2, 0.25) is 10.0 Å². The molecule has 1 heterocycles. The van der Waals surface area contributed by atoms with Gasteiger partial charge in [-0.2, -0.15) is 0 Å². The molecule has 1 aromatic heterocycles. The molecule has 0 saturated heterocycles. The summed E-state index contributed by atoms with van der Waals surface area (Å²) in [4.78, 5) is 5.99. The first kappa shape index (κ1) is 14.1. The third-order valence-corrected chi connectivity index (χ3v) is 4.41. The van der Waals surface area contributed by atoms with Gasteiger partial charge in [0, 0.05) is 6.20 Å². The largest absolute Gasteiger partial charge is 0.292 e. The van der Waals surface area contributed by atoms with E-state index in [4.69, 9.17) is 23.2 Å². The number of sulfonamides is 1. The van der Waals surface area contributed by atoms with Crippen LogP contribution in [0, 0.1) is 0 Å². The molecule has 0 bridgehead atoms. The van der Waals surface area contributed by atoms with Gasteiger partial charge in [-0.25, -0.2) is 13.4 Å². The maximum atomic E-state index is 12.0. The summed E-state index contributed by atoms with van der Waals surface area (Å²) in [6, 6.07) is 9.42. The zero-order valence-electron chi connectivity index (χ0n) is 9.47. The highest BCUT2D eigenvalue weighted by atomic mass is 35.5. The zero-order chi connectivity index (χ0) is 13.9. The average Bonchev–Trinajstić information content (AvgIpc) is 2.41. The normalized spacial score (nSPS) is 11.3. The Balaban J connectivity index is 2.22. The summed E-state index contributed by atoms with van der Waals surface area (Å²) in [5, 5.41) is 0.141. The van der Waals surface area contributed by atoms with Crippen molar-refractivity contribution < 1.29 is 8.42 Å². The van der Waals surface area contributed by atoms with Crippen LogP contribution in [0.3, 0.4) is 0 Å². The predicted molar refractivity (Wildman–Crippen MR) is 74.6 cm³/mol. The molecule has 0 atom stereocenters. The molecular weight excluding hydrogens is 309 g/mol. The van der Waals surface area contributed by atoms with E-state index in [1.807, 2.05) is 0 Å². The number of nitrogens with one attached hydrogen (secondary N) is 2. The lowest BCUT2D eigenvalue weighted by Crippen LogP contribution is -2.30. The van der Waals surface area contributed by atoms with Gasteiger partial charge in [0.2, 0.25) is 0 Å². The molecule has 0 unspecified atom stereocenters. The maximum Gasteiger partial charge on any atom is 0.258 e. The number of anilines is 1. The van der Waals surface area contributed by atoms with Gasteiger partial charge < -0.3 is 0 Å². The quantitative estimate of drug-likeness (QED) is 0.850. The Kier molecular flexibility index (Phi) is 4.26. The summed E-state index contributed by atoms with van der Waals surface area (Å²) in [7, 11) is -3.83. The Morgan fingerprint density at radius 1 is 1.05 bits per heavy atom. The Hall–Kier alpha value is -1.34. The van der Waals surface area contributed by atoms with Crippen molar-refractivity contribution in [3.8, 4) is 0 Å². The van der Waals surface area contributed by atoms with E-state index in [0.717, 1.165) is 0 Å². The molecule has 0 saturated carbocycles. The first-order valence-corrected chi connectivity index (χ1v) is 7.37. The van der Waals surface area contributed by atoms with Crippen molar-refractivity contribution in [3.63, 3.8) is 0 Å². The number of hydrogen-bond acceptors (Lipinski definition) is 4. The Morgan fingerprint density at radius 3 is 2.53 bits per heavy atom. The molecule has 8 heteroatoms. The number of rotatable bonds is 4. The lowest BCUT2D eigenvalue weighted by Gasteiger charge is -2.10. The summed E-state index contributed by atoms with van der Waals surface area (Å²) >= 11 is 11.6. The van der Waals surface area contributed by atoms with E-state index < -0.39 is 10.0 Å². The summed E-state index contributed by atoms with van der Waals surface area (Å²) in [5.74, 6) is 0.365. The van der Waals surface area contributed by atoms with E-state index >= 15 is 0 Å². The fraction of sp³-hybridized carbons (Fsp3) is 0. The third kappa shape index (κ3) is 3.36. The van der Waals surface area contributed by atoms with E-state index in [1.165, 1.54) is 24.4 Å². The predicted octanol–water partition coefficient (Wildman–Crippen LogP) is 2.69. The number of aromatic nitrogens is 1. The molecule has 19 heavy (non-hydrogen) atoms. The van der Waals surface area contributed by atoms with Gasteiger partial charge in [-0.3, -0.25) is 5.43 Å². The van der Waals surface area contributed by atoms with Crippen molar-refractivity contribution in [2.45, 2.75) is 4.90 Å². The van der Waals surface area contributed by atoms with Crippen LogP contribution in [0.4, 0.5) is 5.82 Å². The van der Waals surface area contributed by atoms with Crippen LogP contribution < -0.4 is 10.3 Å². The Labute approximate surface area is 120 Å². The fourth-order valence-corrected chi connectivity index (χ4v) is 2.92. The van der Waals surface area contributed by atoms with Crippen molar-refractivity contribution in [1.82, 2.24) is 9.82 Å². The van der Waals surface area contributed by atoms with Crippen molar-refractivity contribution >= 4 is 39.0 Å². The molecule has 0 aliphatic heterocycles. The first-order valence-electron chi connectivity index (χ1n) is 5.13. The van der Waals surface area contributed by atoms with Crippen LogP contribution in [-0.2, 0) is 10.0 Å². The number of hydrazine groups is 1. The fourth-order valence-electron chi connectivity index (χ4n) is 1.30. The smallest absolute Gasteiger partial charge is 0.258 e. The minimum absolute atomic E-state index is 0.0283. The molecule has 0 amide bonds. The molecule has 1 aromatic carbocycles. The molecule has 2 rings (SSSR count). The second kappa shape index (κ2) is 5.75. The summed E-state index contributed by atoms with van der Waals surface area (Å²) in [6.45, 7) is 0. The van der Waals surface area contributed by atoms with Crippen LogP contribution in [0.1, 0.15) is 0 Å². The number of nitrogens with zero attached hydrogens (tertiary/aromatic N) is 1. The Bertz CT molecular complexity index is 678. The van der Waals surface area contributed by atoms with Crippen molar-refractivity contribution in [2.24, 2.45) is 0 Å². The van der Waals surface area contributed by atoms with Crippen molar-refractivity contribution in [1.29, 1.82) is 0 Å². The van der Waals surface area contributed by atoms with E-state index in [9.17, 15) is 8.42 Å². The van der Waals surface area contributed by atoms with E-state index in [2.05, 4.69) is 15.2 Å². The first-order chi connectivity index (χ1) is 9.00. The molecule has 2 N–H and O–H groups in total. The number of hydrogen-bond donors (Lipinski definition) is 2. The molecule has 0 fully saturated rings. The highest BCUT2D eigenvalue weighted by Crippen LogP contribution is 2.28. The minimum Gasteiger partial charge on any atom is -0.292 e. The van der Waals surface area contributed by atoms with Crippen molar-refractivity contribution in [3.05, 3.63) is 52.6 Å². The van der Waals surface area contributed by atoms with Gasteiger partial charge >= 0.3 is 0 Å². The molecule has 5 nitrogen and oxygen atoms in total. The lowest BCUT2D eigenvalue weighted by atomic mass is 10.4. The standard InChI is InChI=1S/C11H9Cl2N3O2S/c12-8-4-3-5-9(11(8)13)19(17,18)16-15-10-6-1-2-7-14-10/h1-7,16H,(H,14,15). The van der Waals surface area contributed by atoms with Gasteiger partial charge in [-0.05, 0) is 24.3 Å². The van der Waals surface area contributed by atoms with Gasteiger partial charge in [0.1, 0.15) is 10.7 Å². The van der Waals surface area contributed by atoms with Crippen LogP contribution in [0.15, 0.2) is 47.5 Å². The van der Waals surface area contributed by atoms with Gasteiger partial charge in [-0.1, -0.05) is 35.3 Å². The van der Waals surface area contributed by atoms with Gasteiger partial charge in [0.15, 0.2) is 0 Å². The molecule has 2 aromatic rings. The topological polar surface area (TPSA) is 71.1 Å². The highest BCUT2D eigenvalue weighted by molar-refractivity contribution is 7.89. The van der Waals surface area contributed by atoms with Gasteiger partial charge in [0.25, 0.3) is 10.0 Å². The zero-order valence-corrected chi connectivity index (χ0v) is 11.8. The van der Waals surface area contributed by atoms with E-state index in [-0.39, 0.29) is 14.9 Å². The molecule has 0 aliphatic rings. The number of halogens is 2. The maximum absolute atomic E-state index is 12.0. The van der Waals surface area contributed by atoms with Crippen LogP contribution >= 0.6 is 23.2 Å². The van der Waals surface area contributed by atoms with Gasteiger partial charge in [-0.15, -0.1) is 4.83 Å². The molecule has 0 spiro atoms. The van der Waals surface area contributed by atoms with Crippen molar-refractivity contribution in [2.75, 3.05) is 5.43 Å². The minimum atomic E-state index is -3.83. The second-order valence-electron chi connectivity index (χ2n) is 3.50. The van der Waals surface area contributed by atoms with Crippen LogP contribution in [-0.4, -0.2) is 13.4 Å². The molecular formula is C11H9Cl2N3O2S. The SMILES string of the molecule is O=S(=O)(NNc1ccccn1)c1cccc(Cl)c1Cl. The highest BCUT2D eigenvalue weighted by Gasteiger charge is 2.19. The van der Waals surface area contributed by atoms with Crippen LogP contribution in [0.25, 0.3) is 0 Å². The van der Waals surface area contributed by atoms with Gasteiger partial charge in [0.05, 0.1) is 10.0 Å². The number of pyridine rings is 1. The lowest BCUT2D eigenvalue weighted by molar-refractivity contribution is 0.587. The average molecular weight is 318 g/mol. The van der Waals surface area contributed by atoms with Crippen LogP contribution in [0.5, 0.6) is 0 Å².